The first-order valence-electron chi connectivity index (χ1n) is 8.65. The Hall–Kier alpha value is -0.690. The summed E-state index contributed by atoms with van der Waals surface area (Å²) in [7, 11) is 0. The third-order valence-electron chi connectivity index (χ3n) is 4.58. The van der Waals surface area contributed by atoms with E-state index < -0.39 is 18.5 Å². The molecule has 1 saturated carbocycles. The lowest BCUT2D eigenvalue weighted by Gasteiger charge is -2.36. The van der Waals surface area contributed by atoms with Gasteiger partial charge in [-0.25, -0.2) is 0 Å². The topological polar surface area (TPSA) is 85.2 Å². The summed E-state index contributed by atoms with van der Waals surface area (Å²) in [4.78, 5) is 11.8. The van der Waals surface area contributed by atoms with Crippen LogP contribution in [-0.2, 0) is 19.0 Å². The van der Waals surface area contributed by atoms with Crippen LogP contribution < -0.4 is 0 Å². The van der Waals surface area contributed by atoms with Crippen molar-refractivity contribution in [3.8, 4) is 0 Å². The molecule has 1 saturated heterocycles. The second-order valence-electron chi connectivity index (χ2n) is 7.19. The van der Waals surface area contributed by atoms with E-state index in [0.717, 1.165) is 19.3 Å². The van der Waals surface area contributed by atoms with E-state index in [1.807, 2.05) is 20.8 Å². The highest BCUT2D eigenvalue weighted by atomic mass is 16.7. The van der Waals surface area contributed by atoms with Crippen molar-refractivity contribution < 1.29 is 29.2 Å². The van der Waals surface area contributed by atoms with Crippen molar-refractivity contribution in [2.45, 2.75) is 90.2 Å². The second-order valence-corrected chi connectivity index (χ2v) is 7.19. The van der Waals surface area contributed by atoms with Gasteiger partial charge in [0.2, 0.25) is 0 Å². The van der Waals surface area contributed by atoms with E-state index in [-0.39, 0.29) is 36.6 Å². The predicted molar refractivity (Wildman–Crippen MR) is 83.6 cm³/mol. The average Bonchev–Trinajstić information content (AvgIpc) is 3.21. The molecule has 0 bridgehead atoms. The Morgan fingerprint density at radius 3 is 2.57 bits per heavy atom. The van der Waals surface area contributed by atoms with Crippen molar-refractivity contribution in [1.82, 2.24) is 0 Å². The second kappa shape index (κ2) is 7.92. The summed E-state index contributed by atoms with van der Waals surface area (Å²) in [5.41, 5.74) is 0. The largest absolute Gasteiger partial charge is 0.463 e. The zero-order valence-electron chi connectivity index (χ0n) is 14.5. The number of ether oxygens (including phenoxy) is 3. The monoisotopic (exact) mass is 330 g/mol. The van der Waals surface area contributed by atoms with Gasteiger partial charge in [0.15, 0.2) is 6.29 Å². The SMILES string of the molecule is CC(C)OC(=O)C1C[C@H]1CC[C@@H](C)OC1O[C@@H](C)C(O)C[C@H]1O. The molecule has 0 spiro atoms. The van der Waals surface area contributed by atoms with E-state index in [4.69, 9.17) is 14.2 Å². The molecule has 2 N–H and O–H groups in total. The van der Waals surface area contributed by atoms with Gasteiger partial charge in [-0.05, 0) is 52.9 Å². The number of rotatable bonds is 7. The molecule has 0 aromatic carbocycles. The van der Waals surface area contributed by atoms with Gasteiger partial charge in [0.05, 0.1) is 30.3 Å². The maximum absolute atomic E-state index is 11.8. The minimum atomic E-state index is -0.807. The third kappa shape index (κ3) is 5.41. The van der Waals surface area contributed by atoms with Gasteiger partial charge >= 0.3 is 5.97 Å². The lowest BCUT2D eigenvalue weighted by Crippen LogP contribution is -2.48. The molecule has 6 heteroatoms. The molecule has 0 radical (unpaired) electrons. The van der Waals surface area contributed by atoms with Crippen molar-refractivity contribution in [2.75, 3.05) is 0 Å². The molecule has 0 aromatic heterocycles. The van der Waals surface area contributed by atoms with Gasteiger partial charge in [0, 0.05) is 6.42 Å². The minimum absolute atomic E-state index is 0.0382. The van der Waals surface area contributed by atoms with Crippen LogP contribution in [-0.4, -0.2) is 53.0 Å². The van der Waals surface area contributed by atoms with Crippen LogP contribution in [0.25, 0.3) is 0 Å². The van der Waals surface area contributed by atoms with E-state index in [1.54, 1.807) is 6.92 Å². The van der Waals surface area contributed by atoms with Gasteiger partial charge in [-0.1, -0.05) is 0 Å². The number of carbonyl (C=O) groups is 1. The maximum atomic E-state index is 11.8. The van der Waals surface area contributed by atoms with E-state index in [2.05, 4.69) is 0 Å². The molecule has 0 aromatic rings. The van der Waals surface area contributed by atoms with E-state index >= 15 is 0 Å². The van der Waals surface area contributed by atoms with Crippen molar-refractivity contribution in [2.24, 2.45) is 11.8 Å². The molecule has 2 rings (SSSR count). The molecule has 1 heterocycles. The van der Waals surface area contributed by atoms with Crippen molar-refractivity contribution in [1.29, 1.82) is 0 Å². The van der Waals surface area contributed by atoms with Crippen molar-refractivity contribution in [3.05, 3.63) is 0 Å². The van der Waals surface area contributed by atoms with Crippen LogP contribution in [0.2, 0.25) is 0 Å². The first kappa shape index (κ1) is 18.6. The molecule has 0 amide bonds. The fraction of sp³-hybridized carbons (Fsp3) is 0.941. The lowest BCUT2D eigenvalue weighted by atomic mass is 10.0. The molecule has 1 aliphatic carbocycles. The molecule has 6 nitrogen and oxygen atoms in total. The highest BCUT2D eigenvalue weighted by Gasteiger charge is 2.44. The predicted octanol–water partition coefficient (Wildman–Crippen LogP) is 1.62. The summed E-state index contributed by atoms with van der Waals surface area (Å²) in [5.74, 6) is 0.328. The Labute approximate surface area is 138 Å². The maximum Gasteiger partial charge on any atom is 0.309 e. The molecule has 134 valence electrons. The van der Waals surface area contributed by atoms with Crippen LogP contribution in [0.3, 0.4) is 0 Å². The van der Waals surface area contributed by atoms with Gasteiger partial charge in [0.1, 0.15) is 6.10 Å². The van der Waals surface area contributed by atoms with Gasteiger partial charge in [-0.15, -0.1) is 0 Å². The van der Waals surface area contributed by atoms with Crippen LogP contribution in [0.4, 0.5) is 0 Å². The summed E-state index contributed by atoms with van der Waals surface area (Å²) in [6, 6.07) is 0. The normalized spacial score (nSPS) is 38.4. The quantitative estimate of drug-likeness (QED) is 0.690. The standard InChI is InChI=1S/C17H30O6/c1-9(2)21-16(20)13-7-12(13)6-5-10(3)22-17-15(19)8-14(18)11(4)23-17/h9-15,17-19H,5-8H2,1-4H3/t10-,11+,12-,13?,14?,15-,17?/m1/s1. The van der Waals surface area contributed by atoms with E-state index in [0.29, 0.717) is 5.92 Å². The molecule has 23 heavy (non-hydrogen) atoms. The van der Waals surface area contributed by atoms with Crippen LogP contribution in [0, 0.1) is 11.8 Å². The number of hydrogen-bond donors (Lipinski definition) is 2. The molecular formula is C17H30O6. The van der Waals surface area contributed by atoms with Gasteiger partial charge in [0.25, 0.3) is 0 Å². The zero-order valence-corrected chi connectivity index (χ0v) is 14.5. The highest BCUT2D eigenvalue weighted by Crippen LogP contribution is 2.43. The Morgan fingerprint density at radius 2 is 1.91 bits per heavy atom. The fourth-order valence-corrected chi connectivity index (χ4v) is 2.99. The molecule has 2 aliphatic rings. The van der Waals surface area contributed by atoms with E-state index in [1.165, 1.54) is 0 Å². The van der Waals surface area contributed by atoms with Gasteiger partial charge in [-0.3, -0.25) is 4.79 Å². The Kier molecular flexibility index (Phi) is 6.42. The summed E-state index contributed by atoms with van der Waals surface area (Å²) >= 11 is 0. The first-order chi connectivity index (χ1) is 10.8. The van der Waals surface area contributed by atoms with Crippen LogP contribution in [0.1, 0.15) is 53.4 Å². The fourth-order valence-electron chi connectivity index (χ4n) is 2.99. The lowest BCUT2D eigenvalue weighted by molar-refractivity contribution is -0.273. The van der Waals surface area contributed by atoms with Gasteiger partial charge < -0.3 is 24.4 Å². The first-order valence-corrected chi connectivity index (χ1v) is 8.65. The smallest absolute Gasteiger partial charge is 0.309 e. The minimum Gasteiger partial charge on any atom is -0.463 e. The van der Waals surface area contributed by atoms with Crippen LogP contribution in [0.5, 0.6) is 0 Å². The molecule has 2 fully saturated rings. The van der Waals surface area contributed by atoms with Crippen LogP contribution >= 0.6 is 0 Å². The number of hydrogen-bond acceptors (Lipinski definition) is 6. The van der Waals surface area contributed by atoms with Crippen LogP contribution in [0.15, 0.2) is 0 Å². The zero-order chi connectivity index (χ0) is 17.1. The summed E-state index contributed by atoms with van der Waals surface area (Å²) in [6.45, 7) is 7.43. The number of carbonyl (C=O) groups excluding carboxylic acids is 1. The molecular weight excluding hydrogens is 300 g/mol. The Morgan fingerprint density at radius 1 is 1.22 bits per heavy atom. The average molecular weight is 330 g/mol. The third-order valence-corrected chi connectivity index (χ3v) is 4.58. The van der Waals surface area contributed by atoms with Crippen molar-refractivity contribution in [3.63, 3.8) is 0 Å². The molecule has 3 unspecified atom stereocenters. The van der Waals surface area contributed by atoms with Crippen molar-refractivity contribution >= 4 is 5.97 Å². The number of aliphatic hydroxyl groups excluding tert-OH is 2. The highest BCUT2D eigenvalue weighted by molar-refractivity contribution is 5.75. The molecule has 1 aliphatic heterocycles. The Balaban J connectivity index is 1.66. The summed E-state index contributed by atoms with van der Waals surface area (Å²) in [5, 5.41) is 19.6. The number of aliphatic hydroxyl groups is 2. The van der Waals surface area contributed by atoms with Gasteiger partial charge in [-0.2, -0.15) is 0 Å². The summed E-state index contributed by atoms with van der Waals surface area (Å²) in [6.07, 6.45) is 0.248. The number of esters is 1. The van der Waals surface area contributed by atoms with E-state index in [9.17, 15) is 15.0 Å². The summed E-state index contributed by atoms with van der Waals surface area (Å²) < 4.78 is 16.5. The molecule has 7 atom stereocenters. The Bertz CT molecular complexity index is 399.